The maximum absolute atomic E-state index is 13.2. The average molecular weight is 798 g/mol. The molecule has 16 nitrogen and oxygen atoms in total. The number of aldehydes is 1. The summed E-state index contributed by atoms with van der Waals surface area (Å²) in [7, 11) is 4.58. The molecule has 6 amide bonds. The Hall–Kier alpha value is -6.29. The van der Waals surface area contributed by atoms with Crippen molar-refractivity contribution in [3.05, 3.63) is 89.5 Å². The molecule has 58 heavy (non-hydrogen) atoms. The fraction of sp³-hybridized carbons (Fsp3) is 0.405. The molecule has 3 aromatic carbocycles. The van der Waals surface area contributed by atoms with E-state index in [4.69, 9.17) is 9.47 Å². The molecule has 0 bridgehead atoms. The Morgan fingerprint density at radius 1 is 0.810 bits per heavy atom. The highest BCUT2D eigenvalue weighted by Gasteiger charge is 2.51. The molecule has 3 aromatic rings. The second kappa shape index (κ2) is 20.2. The van der Waals surface area contributed by atoms with Gasteiger partial charge in [-0.05, 0) is 67.3 Å². The Kier molecular flexibility index (Phi) is 14.9. The van der Waals surface area contributed by atoms with Gasteiger partial charge in [0.1, 0.15) is 30.4 Å². The van der Waals surface area contributed by atoms with E-state index in [1.165, 1.54) is 7.05 Å². The first-order valence-electron chi connectivity index (χ1n) is 19.3. The van der Waals surface area contributed by atoms with Crippen molar-refractivity contribution in [2.45, 2.75) is 37.1 Å². The van der Waals surface area contributed by atoms with E-state index >= 15 is 0 Å². The Morgan fingerprint density at radius 3 is 2.12 bits per heavy atom. The van der Waals surface area contributed by atoms with Crippen LogP contribution in [-0.4, -0.2) is 131 Å². The van der Waals surface area contributed by atoms with Crippen molar-refractivity contribution in [3.63, 3.8) is 0 Å². The number of ether oxygens (including phenoxy) is 2. The number of carbonyl (C=O) groups is 7. The molecule has 0 radical (unpaired) electrons. The molecule has 0 aromatic heterocycles. The minimum absolute atomic E-state index is 0.0211. The van der Waals surface area contributed by atoms with Crippen LogP contribution in [-0.2, 0) is 29.4 Å². The highest BCUT2D eigenvalue weighted by atomic mass is 16.5. The molecule has 1 unspecified atom stereocenters. The molecule has 1 aliphatic carbocycles. The van der Waals surface area contributed by atoms with Crippen LogP contribution in [0.15, 0.2) is 72.8 Å². The summed E-state index contributed by atoms with van der Waals surface area (Å²) in [5, 5.41) is 10.5. The van der Waals surface area contributed by atoms with Crippen LogP contribution in [0.5, 0.6) is 11.5 Å². The van der Waals surface area contributed by atoms with Crippen LogP contribution in [0, 0.1) is 0 Å². The molecule has 16 heteroatoms. The van der Waals surface area contributed by atoms with Crippen molar-refractivity contribution in [2.75, 3.05) is 78.5 Å². The summed E-state index contributed by atoms with van der Waals surface area (Å²) in [4.78, 5) is 90.2. The Bertz CT molecular complexity index is 1950. The SMILES string of the molecule is CNC(=O)C(CCC=O)N1C(=O)c2ccc(N3CCN(CC(=O)NCCOc4ccccc4)CC3)cc2C1=O.CNC(=O)CNC(=O)C1(c2ccc(OC)cc2)CC1. The zero-order valence-electron chi connectivity index (χ0n) is 33.1. The molecule has 2 aliphatic heterocycles. The molecule has 308 valence electrons. The van der Waals surface area contributed by atoms with E-state index < -0.39 is 29.2 Å². The molecule has 6 rings (SSSR count). The van der Waals surface area contributed by atoms with Crippen LogP contribution in [0.25, 0.3) is 0 Å². The topological polar surface area (TPSA) is 196 Å². The van der Waals surface area contributed by atoms with Crippen LogP contribution in [0.4, 0.5) is 5.69 Å². The van der Waals surface area contributed by atoms with Crippen molar-refractivity contribution >= 4 is 47.4 Å². The first kappa shape index (κ1) is 42.8. The van der Waals surface area contributed by atoms with E-state index in [0.717, 1.165) is 40.5 Å². The van der Waals surface area contributed by atoms with Gasteiger partial charge in [-0.15, -0.1) is 0 Å². The maximum atomic E-state index is 13.2. The monoisotopic (exact) mass is 797 g/mol. The number of nitrogens with one attached hydrogen (secondary N) is 4. The zero-order valence-corrected chi connectivity index (χ0v) is 33.1. The van der Waals surface area contributed by atoms with E-state index in [0.29, 0.717) is 45.6 Å². The predicted molar refractivity (Wildman–Crippen MR) is 215 cm³/mol. The number of piperazine rings is 1. The minimum Gasteiger partial charge on any atom is -0.497 e. The number of anilines is 1. The first-order chi connectivity index (χ1) is 28.0. The summed E-state index contributed by atoms with van der Waals surface area (Å²) in [5.41, 5.74) is 1.80. The molecule has 1 atom stereocenters. The number of carbonyl (C=O) groups excluding carboxylic acids is 7. The molecule has 0 spiro atoms. The Morgan fingerprint density at radius 2 is 1.50 bits per heavy atom. The number of fused-ring (bicyclic) bond motifs is 1. The lowest BCUT2D eigenvalue weighted by Gasteiger charge is -2.35. The van der Waals surface area contributed by atoms with E-state index in [9.17, 15) is 33.6 Å². The molecule has 2 heterocycles. The van der Waals surface area contributed by atoms with Crippen molar-refractivity contribution in [2.24, 2.45) is 0 Å². The van der Waals surface area contributed by atoms with E-state index in [2.05, 4.69) is 31.1 Å². The van der Waals surface area contributed by atoms with E-state index in [1.54, 1.807) is 32.4 Å². The summed E-state index contributed by atoms with van der Waals surface area (Å²) in [6, 6.07) is 21.0. The maximum Gasteiger partial charge on any atom is 0.262 e. The third-order valence-electron chi connectivity index (χ3n) is 10.4. The van der Waals surface area contributed by atoms with Gasteiger partial charge in [0.05, 0.1) is 43.3 Å². The predicted octanol–water partition coefficient (Wildman–Crippen LogP) is 1.28. The average Bonchev–Trinajstić information content (AvgIpc) is 4.04. The van der Waals surface area contributed by atoms with Crippen LogP contribution >= 0.6 is 0 Å². The van der Waals surface area contributed by atoms with Gasteiger partial charge in [-0.1, -0.05) is 30.3 Å². The van der Waals surface area contributed by atoms with Gasteiger partial charge < -0.3 is 40.4 Å². The van der Waals surface area contributed by atoms with Gasteiger partial charge >= 0.3 is 0 Å². The molecular weight excluding hydrogens is 747 g/mol. The highest BCUT2D eigenvalue weighted by Crippen LogP contribution is 2.48. The number of methoxy groups -OCH3 is 1. The van der Waals surface area contributed by atoms with Crippen LogP contribution in [0.3, 0.4) is 0 Å². The lowest BCUT2D eigenvalue weighted by molar-refractivity contribution is -0.127. The van der Waals surface area contributed by atoms with Gasteiger partial charge in [-0.25, -0.2) is 0 Å². The summed E-state index contributed by atoms with van der Waals surface area (Å²) >= 11 is 0. The summed E-state index contributed by atoms with van der Waals surface area (Å²) in [5.74, 6) is -0.380. The molecule has 4 N–H and O–H groups in total. The lowest BCUT2D eigenvalue weighted by Crippen LogP contribution is -2.49. The number of benzene rings is 3. The third-order valence-corrected chi connectivity index (χ3v) is 10.4. The van der Waals surface area contributed by atoms with Gasteiger partial charge in [-0.2, -0.15) is 0 Å². The quantitative estimate of drug-likeness (QED) is 0.0874. The first-order valence-corrected chi connectivity index (χ1v) is 19.3. The molecule has 1 saturated heterocycles. The van der Waals surface area contributed by atoms with Crippen LogP contribution in [0.1, 0.15) is 52.0 Å². The number of hydrogen-bond acceptors (Lipinski definition) is 11. The standard InChI is InChI=1S/C28H33N5O6.C14H18N2O3/c1-29-26(36)24(8-5-16-34)33-27(37)22-10-9-20(18-23(22)28(33)38)32-14-12-31(13-15-32)19-25(35)30-11-17-39-21-6-3-2-4-7-21;1-15-12(17)9-16-13(18)14(7-8-14)10-3-5-11(19-2)6-4-10/h2-4,6-7,9-10,16,18,24H,5,8,11-15,17,19H2,1H3,(H,29,36)(H,30,35);3-6H,7-9H2,1-2H3,(H,15,17)(H,16,18). The number of hydrogen-bond donors (Lipinski definition) is 4. The summed E-state index contributed by atoms with van der Waals surface area (Å²) in [6.45, 7) is 3.73. The van der Waals surface area contributed by atoms with Gasteiger partial charge in [0.15, 0.2) is 0 Å². The number of rotatable bonds is 17. The van der Waals surface area contributed by atoms with Gasteiger partial charge in [0.2, 0.25) is 23.6 Å². The highest BCUT2D eigenvalue weighted by molar-refractivity contribution is 6.23. The lowest BCUT2D eigenvalue weighted by atomic mass is 9.95. The largest absolute Gasteiger partial charge is 0.497 e. The number of amides is 6. The van der Waals surface area contributed by atoms with Crippen molar-refractivity contribution in [1.82, 2.24) is 31.1 Å². The van der Waals surface area contributed by atoms with Crippen LogP contribution in [0.2, 0.25) is 0 Å². The number of nitrogens with zero attached hydrogens (tertiary/aromatic N) is 3. The fourth-order valence-corrected chi connectivity index (χ4v) is 6.90. The number of para-hydroxylation sites is 1. The fourth-order valence-electron chi connectivity index (χ4n) is 6.90. The second-order valence-corrected chi connectivity index (χ2v) is 14.0. The molecular formula is C42H51N7O9. The Labute approximate surface area is 337 Å². The van der Waals surface area contributed by atoms with Gasteiger partial charge in [0, 0.05) is 52.4 Å². The van der Waals surface area contributed by atoms with Crippen molar-refractivity contribution < 1.29 is 43.0 Å². The smallest absolute Gasteiger partial charge is 0.262 e. The minimum atomic E-state index is -1.05. The third kappa shape index (κ3) is 10.6. The van der Waals surface area contributed by atoms with Crippen LogP contribution < -0.4 is 35.6 Å². The van der Waals surface area contributed by atoms with Gasteiger partial charge in [-0.3, -0.25) is 38.6 Å². The zero-order chi connectivity index (χ0) is 41.7. The number of likely N-dealkylation sites (N-methyl/N-ethyl adjacent to an activating group) is 2. The van der Waals surface area contributed by atoms with Crippen molar-refractivity contribution in [1.29, 1.82) is 0 Å². The normalized spacial score (nSPS) is 15.8. The van der Waals surface area contributed by atoms with Crippen molar-refractivity contribution in [3.8, 4) is 11.5 Å². The van der Waals surface area contributed by atoms with Gasteiger partial charge in [0.25, 0.3) is 11.8 Å². The Balaban J connectivity index is 0.000000281. The summed E-state index contributed by atoms with van der Waals surface area (Å²) < 4.78 is 10.7. The molecule has 2 fully saturated rings. The van der Waals surface area contributed by atoms with E-state index in [-0.39, 0.29) is 54.8 Å². The molecule has 3 aliphatic rings. The molecule has 1 saturated carbocycles. The summed E-state index contributed by atoms with van der Waals surface area (Å²) in [6.07, 6.45) is 2.42. The van der Waals surface area contributed by atoms with E-state index in [1.807, 2.05) is 54.6 Å². The number of imide groups is 1. The second-order valence-electron chi connectivity index (χ2n) is 14.0.